The molecule has 0 bridgehead atoms. The Morgan fingerprint density at radius 1 is 1.03 bits per heavy atom. The number of hydrogen-bond donors (Lipinski definition) is 1. The first-order valence-electron chi connectivity index (χ1n) is 11.7. The highest BCUT2D eigenvalue weighted by atomic mass is 35.5. The van der Waals surface area contributed by atoms with Crippen molar-refractivity contribution >= 4 is 17.4 Å². The van der Waals surface area contributed by atoms with E-state index >= 15 is 0 Å². The lowest BCUT2D eigenvalue weighted by molar-refractivity contribution is -0.00195. The summed E-state index contributed by atoms with van der Waals surface area (Å²) in [7, 11) is 0. The van der Waals surface area contributed by atoms with Crippen LogP contribution in [0.5, 0.6) is 11.5 Å². The number of aliphatic hydroxyl groups is 1. The van der Waals surface area contributed by atoms with Gasteiger partial charge in [-0.15, -0.1) is 0 Å². The fourth-order valence-electron chi connectivity index (χ4n) is 4.83. The molecule has 0 radical (unpaired) electrons. The quantitative estimate of drug-likeness (QED) is 0.496. The molecule has 1 saturated heterocycles. The second-order valence-electron chi connectivity index (χ2n) is 9.20. The average molecular weight is 478 g/mol. The molecule has 5 rings (SSSR count). The summed E-state index contributed by atoms with van der Waals surface area (Å²) in [4.78, 5) is 14.8. The lowest BCUT2D eigenvalue weighted by atomic mass is 9.87. The SMILES string of the molecule is O=C(c1ccccc1)c1ccc(OC[C@@H](O)CN2CCC3(CC2)Cc2cc(Cl)ccc2O3)cc1. The van der Waals surface area contributed by atoms with Gasteiger partial charge in [-0.3, -0.25) is 4.79 Å². The number of nitrogens with zero attached hydrogens (tertiary/aromatic N) is 1. The number of benzene rings is 3. The summed E-state index contributed by atoms with van der Waals surface area (Å²) in [6.07, 6.45) is 2.14. The highest BCUT2D eigenvalue weighted by molar-refractivity contribution is 6.30. The molecule has 0 unspecified atom stereocenters. The molecule has 0 saturated carbocycles. The van der Waals surface area contributed by atoms with Gasteiger partial charge in [0.15, 0.2) is 5.78 Å². The van der Waals surface area contributed by atoms with Crippen molar-refractivity contribution in [3.05, 3.63) is 94.5 Å². The maximum absolute atomic E-state index is 12.5. The van der Waals surface area contributed by atoms with Crippen molar-refractivity contribution < 1.29 is 19.4 Å². The fraction of sp³-hybridized carbons (Fsp3) is 0.321. The predicted octanol–water partition coefficient (Wildman–Crippen LogP) is 4.78. The minimum absolute atomic E-state index is 0.0208. The fourth-order valence-corrected chi connectivity index (χ4v) is 5.02. The first-order chi connectivity index (χ1) is 16.5. The maximum atomic E-state index is 12.5. The van der Waals surface area contributed by atoms with Crippen molar-refractivity contribution in [3.63, 3.8) is 0 Å². The van der Waals surface area contributed by atoms with Crippen molar-refractivity contribution in [1.82, 2.24) is 4.90 Å². The number of piperidine rings is 1. The van der Waals surface area contributed by atoms with Crippen LogP contribution in [-0.4, -0.2) is 53.7 Å². The van der Waals surface area contributed by atoms with Gasteiger partial charge in [0.05, 0.1) is 0 Å². The second-order valence-corrected chi connectivity index (χ2v) is 9.64. The second kappa shape index (κ2) is 9.79. The number of carbonyl (C=O) groups is 1. The molecule has 1 spiro atoms. The summed E-state index contributed by atoms with van der Waals surface area (Å²) < 4.78 is 12.1. The molecule has 0 aromatic heterocycles. The topological polar surface area (TPSA) is 59.0 Å². The summed E-state index contributed by atoms with van der Waals surface area (Å²) in [6, 6.07) is 22.1. The Labute approximate surface area is 204 Å². The Hall–Kier alpha value is -2.86. The van der Waals surface area contributed by atoms with Gasteiger partial charge < -0.3 is 19.5 Å². The van der Waals surface area contributed by atoms with Crippen LogP contribution in [0.3, 0.4) is 0 Å². The molecule has 6 heteroatoms. The minimum atomic E-state index is -0.597. The minimum Gasteiger partial charge on any atom is -0.491 e. The van der Waals surface area contributed by atoms with Crippen LogP contribution < -0.4 is 9.47 Å². The molecule has 2 aliphatic heterocycles. The third-order valence-electron chi connectivity index (χ3n) is 6.69. The third kappa shape index (κ3) is 5.12. The molecular weight excluding hydrogens is 450 g/mol. The molecule has 2 heterocycles. The van der Waals surface area contributed by atoms with E-state index in [0.717, 1.165) is 43.1 Å². The van der Waals surface area contributed by atoms with Gasteiger partial charge in [-0.2, -0.15) is 0 Å². The van der Waals surface area contributed by atoms with Crippen molar-refractivity contribution in [2.45, 2.75) is 31.0 Å². The number of hydrogen-bond acceptors (Lipinski definition) is 5. The van der Waals surface area contributed by atoms with Crippen LogP contribution in [0.2, 0.25) is 5.02 Å². The van der Waals surface area contributed by atoms with E-state index in [4.69, 9.17) is 21.1 Å². The van der Waals surface area contributed by atoms with E-state index in [1.54, 1.807) is 36.4 Å². The van der Waals surface area contributed by atoms with Gasteiger partial charge in [0.1, 0.15) is 29.8 Å². The Bertz CT molecular complexity index is 1140. The number of β-amino-alcohol motifs (C(OH)–C–C–N with tert-alkyl or cyclic N) is 1. The predicted molar refractivity (Wildman–Crippen MR) is 132 cm³/mol. The monoisotopic (exact) mass is 477 g/mol. The average Bonchev–Trinajstić information content (AvgIpc) is 3.21. The number of aliphatic hydroxyl groups excluding tert-OH is 1. The number of ether oxygens (including phenoxy) is 2. The molecular formula is C28H28ClNO4. The first-order valence-corrected chi connectivity index (χ1v) is 12.1. The maximum Gasteiger partial charge on any atom is 0.193 e. The normalized spacial score (nSPS) is 17.7. The van der Waals surface area contributed by atoms with Crippen LogP contribution >= 0.6 is 11.6 Å². The highest BCUT2D eigenvalue weighted by Gasteiger charge is 2.42. The van der Waals surface area contributed by atoms with E-state index in [1.807, 2.05) is 36.4 Å². The number of likely N-dealkylation sites (tertiary alicyclic amines) is 1. The van der Waals surface area contributed by atoms with Gasteiger partial charge in [0.2, 0.25) is 0 Å². The summed E-state index contributed by atoms with van der Waals surface area (Å²) in [5.74, 6) is 1.56. The van der Waals surface area contributed by atoms with Gasteiger partial charge in [0, 0.05) is 55.0 Å². The van der Waals surface area contributed by atoms with Crippen molar-refractivity contribution in [1.29, 1.82) is 0 Å². The van der Waals surface area contributed by atoms with E-state index in [1.165, 1.54) is 5.56 Å². The molecule has 176 valence electrons. The zero-order valence-electron chi connectivity index (χ0n) is 19.0. The number of halogens is 1. The first kappa shape index (κ1) is 22.9. The van der Waals surface area contributed by atoms with Crippen LogP contribution in [0.4, 0.5) is 0 Å². The molecule has 1 fully saturated rings. The van der Waals surface area contributed by atoms with Crippen molar-refractivity contribution in [2.24, 2.45) is 0 Å². The van der Waals surface area contributed by atoms with E-state index in [0.29, 0.717) is 23.4 Å². The standard InChI is InChI=1S/C28H28ClNO4/c29-23-8-11-26-22(16-23)17-28(34-26)12-14-30(15-13-28)18-24(31)19-33-25-9-6-21(7-10-25)27(32)20-4-2-1-3-5-20/h1-11,16,24,31H,12-15,17-19H2/t24-/m0/s1. The zero-order valence-corrected chi connectivity index (χ0v) is 19.7. The lowest BCUT2D eigenvalue weighted by Crippen LogP contribution is -2.49. The molecule has 1 atom stereocenters. The Morgan fingerprint density at radius 2 is 1.74 bits per heavy atom. The molecule has 0 aliphatic carbocycles. The summed E-state index contributed by atoms with van der Waals surface area (Å²) >= 11 is 6.13. The molecule has 3 aromatic rings. The number of fused-ring (bicyclic) bond motifs is 1. The number of rotatable bonds is 7. The summed E-state index contributed by atoms with van der Waals surface area (Å²) in [6.45, 7) is 2.50. The van der Waals surface area contributed by atoms with E-state index in [9.17, 15) is 9.90 Å². The molecule has 2 aliphatic rings. The van der Waals surface area contributed by atoms with Gasteiger partial charge >= 0.3 is 0 Å². The van der Waals surface area contributed by atoms with E-state index in [-0.39, 0.29) is 18.0 Å². The van der Waals surface area contributed by atoms with Crippen LogP contribution in [0.25, 0.3) is 0 Å². The van der Waals surface area contributed by atoms with Crippen molar-refractivity contribution in [2.75, 3.05) is 26.2 Å². The summed E-state index contributed by atoms with van der Waals surface area (Å²) in [5, 5.41) is 11.3. The van der Waals surface area contributed by atoms with Crippen LogP contribution in [0.1, 0.15) is 34.3 Å². The Kier molecular flexibility index (Phi) is 6.59. The molecule has 34 heavy (non-hydrogen) atoms. The van der Waals surface area contributed by atoms with Crippen molar-refractivity contribution in [3.8, 4) is 11.5 Å². The molecule has 0 amide bonds. The van der Waals surface area contributed by atoms with E-state index in [2.05, 4.69) is 4.90 Å². The van der Waals surface area contributed by atoms with Gasteiger partial charge in [-0.1, -0.05) is 41.9 Å². The van der Waals surface area contributed by atoms with Crippen LogP contribution in [0, 0.1) is 0 Å². The Morgan fingerprint density at radius 3 is 2.47 bits per heavy atom. The zero-order chi connectivity index (χ0) is 23.5. The largest absolute Gasteiger partial charge is 0.491 e. The molecule has 1 N–H and O–H groups in total. The highest BCUT2D eigenvalue weighted by Crippen LogP contribution is 2.41. The molecule has 3 aromatic carbocycles. The van der Waals surface area contributed by atoms with Gasteiger partial charge in [0.25, 0.3) is 0 Å². The number of carbonyl (C=O) groups excluding carboxylic acids is 1. The Balaban J connectivity index is 1.07. The lowest BCUT2D eigenvalue weighted by Gasteiger charge is -2.39. The van der Waals surface area contributed by atoms with Gasteiger partial charge in [-0.05, 0) is 48.0 Å². The third-order valence-corrected chi connectivity index (χ3v) is 6.93. The van der Waals surface area contributed by atoms with Crippen LogP contribution in [-0.2, 0) is 6.42 Å². The van der Waals surface area contributed by atoms with Gasteiger partial charge in [-0.25, -0.2) is 0 Å². The smallest absolute Gasteiger partial charge is 0.193 e. The van der Waals surface area contributed by atoms with E-state index < -0.39 is 6.10 Å². The van der Waals surface area contributed by atoms with Crippen LogP contribution in [0.15, 0.2) is 72.8 Å². The molecule has 5 nitrogen and oxygen atoms in total. The number of ketones is 1. The summed E-state index contributed by atoms with van der Waals surface area (Å²) in [5.41, 5.74) is 2.31.